The van der Waals surface area contributed by atoms with Crippen molar-refractivity contribution >= 4 is 23.4 Å². The van der Waals surface area contributed by atoms with Crippen LogP contribution in [0.5, 0.6) is 0 Å². The van der Waals surface area contributed by atoms with Crippen LogP contribution in [0.2, 0.25) is 0 Å². The van der Waals surface area contributed by atoms with Gasteiger partial charge >= 0.3 is 0 Å². The van der Waals surface area contributed by atoms with E-state index < -0.39 is 0 Å². The largest absolute Gasteiger partial charge is 0.375 e. The van der Waals surface area contributed by atoms with Gasteiger partial charge < -0.3 is 10.2 Å². The molecule has 0 fully saturated rings. The second-order valence-corrected chi connectivity index (χ2v) is 6.32. The molecule has 0 spiro atoms. The lowest BCUT2D eigenvalue weighted by Crippen LogP contribution is -2.39. The van der Waals surface area contributed by atoms with Gasteiger partial charge in [-0.1, -0.05) is 72.8 Å². The van der Waals surface area contributed by atoms with Gasteiger partial charge in [-0.2, -0.15) is 0 Å². The monoisotopic (exact) mass is 340 g/mol. The number of para-hydroxylation sites is 2. The topological polar surface area (TPSA) is 32.3 Å². The summed E-state index contributed by atoms with van der Waals surface area (Å²) in [6, 6.07) is 28.1. The number of hydrogen-bond donors (Lipinski definition) is 1. The number of rotatable bonds is 3. The highest BCUT2D eigenvalue weighted by molar-refractivity contribution is 6.06. The van der Waals surface area contributed by atoms with E-state index in [0.29, 0.717) is 6.54 Å². The Bertz CT molecular complexity index is 919. The molecule has 3 aromatic rings. The quantitative estimate of drug-likeness (QED) is 0.688. The van der Waals surface area contributed by atoms with Gasteiger partial charge in [0.25, 0.3) is 5.91 Å². The molecule has 0 aliphatic carbocycles. The zero-order valence-corrected chi connectivity index (χ0v) is 14.4. The first-order valence-electron chi connectivity index (χ1n) is 8.76. The van der Waals surface area contributed by atoms with Gasteiger partial charge in [-0.3, -0.25) is 4.79 Å². The molecule has 1 N–H and O–H groups in total. The first-order valence-corrected chi connectivity index (χ1v) is 8.76. The molecule has 0 bridgehead atoms. The number of anilines is 2. The van der Waals surface area contributed by atoms with Gasteiger partial charge in [-0.05, 0) is 29.3 Å². The minimum absolute atomic E-state index is 0.0104. The summed E-state index contributed by atoms with van der Waals surface area (Å²) in [7, 11) is 0. The molecule has 3 heteroatoms. The van der Waals surface area contributed by atoms with Crippen LogP contribution in [0.25, 0.3) is 6.08 Å². The number of fused-ring (bicyclic) bond motifs is 1. The molecule has 1 unspecified atom stereocenters. The van der Waals surface area contributed by atoms with Crippen LogP contribution in [-0.4, -0.2) is 12.5 Å². The lowest BCUT2D eigenvalue weighted by atomic mass is 10.0. The predicted molar refractivity (Wildman–Crippen MR) is 107 cm³/mol. The predicted octanol–water partition coefficient (Wildman–Crippen LogP) is 4.90. The molecule has 128 valence electrons. The summed E-state index contributed by atoms with van der Waals surface area (Å²) in [4.78, 5) is 14.8. The number of carbonyl (C=O) groups excluding carboxylic acids is 1. The van der Waals surface area contributed by atoms with Crippen molar-refractivity contribution in [1.82, 2.24) is 0 Å². The lowest BCUT2D eigenvalue weighted by molar-refractivity contribution is -0.114. The fourth-order valence-corrected chi connectivity index (χ4v) is 3.25. The number of amides is 1. The van der Waals surface area contributed by atoms with E-state index in [-0.39, 0.29) is 11.9 Å². The first kappa shape index (κ1) is 16.2. The average molecular weight is 340 g/mol. The van der Waals surface area contributed by atoms with Gasteiger partial charge in [0.2, 0.25) is 0 Å². The second kappa shape index (κ2) is 7.28. The molecule has 4 rings (SSSR count). The molecule has 1 aliphatic heterocycles. The number of nitrogens with zero attached hydrogens (tertiary/aromatic N) is 1. The smallest absolute Gasteiger partial charge is 0.251 e. The van der Waals surface area contributed by atoms with Gasteiger partial charge in [0, 0.05) is 6.08 Å². The minimum Gasteiger partial charge on any atom is -0.375 e. The third-order valence-electron chi connectivity index (χ3n) is 4.58. The van der Waals surface area contributed by atoms with Crippen LogP contribution in [0.15, 0.2) is 91.0 Å². The molecule has 3 nitrogen and oxygen atoms in total. The van der Waals surface area contributed by atoms with Crippen LogP contribution < -0.4 is 10.2 Å². The molecule has 1 aliphatic rings. The molecule has 1 heterocycles. The van der Waals surface area contributed by atoms with Crippen LogP contribution in [0.4, 0.5) is 11.4 Å². The third kappa shape index (κ3) is 3.38. The SMILES string of the molecule is O=C(/C=C/c1ccccc1)N1CC(c2ccccc2)Nc2ccccc21. The first-order chi connectivity index (χ1) is 12.8. The maximum atomic E-state index is 12.9. The number of hydrogen-bond acceptors (Lipinski definition) is 2. The number of benzene rings is 3. The molecule has 0 aromatic heterocycles. The third-order valence-corrected chi connectivity index (χ3v) is 4.58. The Morgan fingerprint density at radius 2 is 1.54 bits per heavy atom. The van der Waals surface area contributed by atoms with Crippen molar-refractivity contribution < 1.29 is 4.79 Å². The Hall–Kier alpha value is -3.33. The molecule has 1 atom stereocenters. The summed E-state index contributed by atoms with van der Waals surface area (Å²) < 4.78 is 0. The van der Waals surface area contributed by atoms with Crippen LogP contribution in [0.3, 0.4) is 0 Å². The van der Waals surface area contributed by atoms with Crippen molar-refractivity contribution in [2.75, 3.05) is 16.8 Å². The van der Waals surface area contributed by atoms with E-state index in [1.165, 1.54) is 5.56 Å². The van der Waals surface area contributed by atoms with Crippen LogP contribution >= 0.6 is 0 Å². The van der Waals surface area contributed by atoms with Crippen molar-refractivity contribution in [3.05, 3.63) is 102 Å². The molecule has 0 saturated carbocycles. The molecular formula is C23H20N2O. The number of nitrogens with one attached hydrogen (secondary N) is 1. The van der Waals surface area contributed by atoms with E-state index in [9.17, 15) is 4.79 Å². The zero-order chi connectivity index (χ0) is 17.8. The Morgan fingerprint density at radius 3 is 2.31 bits per heavy atom. The maximum Gasteiger partial charge on any atom is 0.251 e. The Labute approximate surface area is 153 Å². The summed E-state index contributed by atoms with van der Waals surface area (Å²) in [5, 5.41) is 3.55. The van der Waals surface area contributed by atoms with Gasteiger partial charge in [0.15, 0.2) is 0 Å². The summed E-state index contributed by atoms with van der Waals surface area (Å²) in [6.45, 7) is 0.596. The van der Waals surface area contributed by atoms with E-state index in [1.807, 2.05) is 83.8 Å². The summed E-state index contributed by atoms with van der Waals surface area (Å²) in [5.41, 5.74) is 4.09. The van der Waals surface area contributed by atoms with Gasteiger partial charge in [0.05, 0.1) is 24.0 Å². The highest BCUT2D eigenvalue weighted by Gasteiger charge is 2.27. The fourth-order valence-electron chi connectivity index (χ4n) is 3.25. The normalized spacial score (nSPS) is 16.2. The maximum absolute atomic E-state index is 12.9. The molecule has 3 aromatic carbocycles. The van der Waals surface area contributed by atoms with Crippen molar-refractivity contribution in [3.8, 4) is 0 Å². The molecular weight excluding hydrogens is 320 g/mol. The Balaban J connectivity index is 1.63. The van der Waals surface area contributed by atoms with E-state index in [1.54, 1.807) is 6.08 Å². The summed E-state index contributed by atoms with van der Waals surface area (Å²) in [5.74, 6) is -0.0104. The fraction of sp³-hybridized carbons (Fsp3) is 0.0870. The summed E-state index contributed by atoms with van der Waals surface area (Å²) >= 11 is 0. The molecule has 0 radical (unpaired) electrons. The van der Waals surface area contributed by atoms with Crippen molar-refractivity contribution in [2.45, 2.75) is 6.04 Å². The average Bonchev–Trinajstić information content (AvgIpc) is 2.72. The molecule has 0 saturated heterocycles. The van der Waals surface area contributed by atoms with E-state index in [0.717, 1.165) is 16.9 Å². The van der Waals surface area contributed by atoms with Gasteiger partial charge in [-0.15, -0.1) is 0 Å². The van der Waals surface area contributed by atoms with E-state index in [2.05, 4.69) is 17.4 Å². The van der Waals surface area contributed by atoms with Gasteiger partial charge in [0.1, 0.15) is 0 Å². The van der Waals surface area contributed by atoms with Crippen LogP contribution in [0, 0.1) is 0 Å². The van der Waals surface area contributed by atoms with Crippen molar-refractivity contribution in [3.63, 3.8) is 0 Å². The van der Waals surface area contributed by atoms with E-state index in [4.69, 9.17) is 0 Å². The highest BCUT2D eigenvalue weighted by Crippen LogP contribution is 2.35. The van der Waals surface area contributed by atoms with E-state index >= 15 is 0 Å². The minimum atomic E-state index is -0.0104. The Morgan fingerprint density at radius 1 is 0.885 bits per heavy atom. The molecule has 26 heavy (non-hydrogen) atoms. The zero-order valence-electron chi connectivity index (χ0n) is 14.4. The van der Waals surface area contributed by atoms with Crippen molar-refractivity contribution in [1.29, 1.82) is 0 Å². The van der Waals surface area contributed by atoms with Crippen LogP contribution in [-0.2, 0) is 4.79 Å². The Kier molecular flexibility index (Phi) is 4.52. The lowest BCUT2D eigenvalue weighted by Gasteiger charge is -2.35. The summed E-state index contributed by atoms with van der Waals surface area (Å²) in [6.07, 6.45) is 3.52. The second-order valence-electron chi connectivity index (χ2n) is 6.32. The van der Waals surface area contributed by atoms with Crippen molar-refractivity contribution in [2.24, 2.45) is 0 Å². The molecule has 1 amide bonds. The van der Waals surface area contributed by atoms with Crippen LogP contribution in [0.1, 0.15) is 17.2 Å². The van der Waals surface area contributed by atoms with Gasteiger partial charge in [-0.25, -0.2) is 0 Å². The standard InChI is InChI=1S/C23H20N2O/c26-23(16-15-18-9-3-1-4-10-18)25-17-21(19-11-5-2-6-12-19)24-20-13-7-8-14-22(20)25/h1-16,21,24H,17H2/b16-15+. The number of carbonyl (C=O) groups is 1. The highest BCUT2D eigenvalue weighted by atomic mass is 16.2.